The fraction of sp³-hybridized carbons (Fsp3) is 0.278. The molecule has 0 amide bonds. The lowest BCUT2D eigenvalue weighted by Crippen LogP contribution is -2.38. The molecule has 0 bridgehead atoms. The van der Waals surface area contributed by atoms with Crippen LogP contribution in [0.5, 0.6) is 5.75 Å². The van der Waals surface area contributed by atoms with Crippen molar-refractivity contribution < 1.29 is 9.66 Å². The standard InChI is InChI=1S/C18H16ClN3O3/c19-17-11-15(22(23)24)4-5-18(17)25-16-6-8-21(9-7-16)14-3-1-2-13(10-14)12-20/h1-5,10-11,16H,6-9H2. The van der Waals surface area contributed by atoms with Gasteiger partial charge >= 0.3 is 0 Å². The number of benzene rings is 2. The van der Waals surface area contributed by atoms with Gasteiger partial charge in [-0.25, -0.2) is 0 Å². The zero-order valence-electron chi connectivity index (χ0n) is 13.4. The first-order valence-electron chi connectivity index (χ1n) is 7.92. The van der Waals surface area contributed by atoms with Gasteiger partial charge < -0.3 is 9.64 Å². The molecule has 1 aliphatic rings. The minimum absolute atomic E-state index is 0.00866. The van der Waals surface area contributed by atoms with Gasteiger partial charge in [-0.05, 0) is 24.3 Å². The predicted molar refractivity (Wildman–Crippen MR) is 95.1 cm³/mol. The fourth-order valence-corrected chi connectivity index (χ4v) is 3.10. The number of nitriles is 1. The van der Waals surface area contributed by atoms with Gasteiger partial charge in [0.2, 0.25) is 0 Å². The number of hydrogen-bond donors (Lipinski definition) is 0. The van der Waals surface area contributed by atoms with Crippen molar-refractivity contribution >= 4 is 23.0 Å². The second-order valence-electron chi connectivity index (χ2n) is 5.84. The second kappa shape index (κ2) is 7.41. The second-order valence-corrected chi connectivity index (χ2v) is 6.25. The summed E-state index contributed by atoms with van der Waals surface area (Å²) in [6.45, 7) is 1.62. The van der Waals surface area contributed by atoms with Gasteiger partial charge in [-0.15, -0.1) is 0 Å². The third-order valence-corrected chi connectivity index (χ3v) is 4.50. The number of ether oxygens (including phenoxy) is 1. The van der Waals surface area contributed by atoms with Gasteiger partial charge in [0, 0.05) is 43.8 Å². The molecule has 0 aliphatic carbocycles. The van der Waals surface area contributed by atoms with Crippen molar-refractivity contribution in [2.24, 2.45) is 0 Å². The first-order valence-corrected chi connectivity index (χ1v) is 8.30. The maximum atomic E-state index is 10.8. The molecule has 128 valence electrons. The number of halogens is 1. The lowest BCUT2D eigenvalue weighted by Gasteiger charge is -2.33. The molecular formula is C18H16ClN3O3. The Labute approximate surface area is 150 Å². The summed E-state index contributed by atoms with van der Waals surface area (Å²) in [5.41, 5.74) is 1.63. The van der Waals surface area contributed by atoms with Crippen molar-refractivity contribution in [2.45, 2.75) is 18.9 Å². The monoisotopic (exact) mass is 357 g/mol. The number of hydrogen-bond acceptors (Lipinski definition) is 5. The van der Waals surface area contributed by atoms with Crippen molar-refractivity contribution in [3.63, 3.8) is 0 Å². The van der Waals surface area contributed by atoms with Gasteiger partial charge in [0.1, 0.15) is 11.9 Å². The highest BCUT2D eigenvalue weighted by molar-refractivity contribution is 6.32. The van der Waals surface area contributed by atoms with Crippen LogP contribution in [-0.2, 0) is 0 Å². The molecule has 1 aliphatic heterocycles. The van der Waals surface area contributed by atoms with Gasteiger partial charge in [-0.3, -0.25) is 10.1 Å². The van der Waals surface area contributed by atoms with E-state index in [2.05, 4.69) is 11.0 Å². The molecule has 25 heavy (non-hydrogen) atoms. The van der Waals surface area contributed by atoms with E-state index in [0.29, 0.717) is 11.3 Å². The highest BCUT2D eigenvalue weighted by Gasteiger charge is 2.22. The van der Waals surface area contributed by atoms with Crippen molar-refractivity contribution in [3.8, 4) is 11.8 Å². The van der Waals surface area contributed by atoms with Crippen LogP contribution in [-0.4, -0.2) is 24.1 Å². The van der Waals surface area contributed by atoms with Crippen molar-refractivity contribution in [3.05, 3.63) is 63.2 Å². The summed E-state index contributed by atoms with van der Waals surface area (Å²) in [6, 6.07) is 13.9. The van der Waals surface area contributed by atoms with Crippen LogP contribution in [0.4, 0.5) is 11.4 Å². The molecule has 2 aromatic rings. The van der Waals surface area contributed by atoms with E-state index >= 15 is 0 Å². The lowest BCUT2D eigenvalue weighted by molar-refractivity contribution is -0.384. The van der Waals surface area contributed by atoms with Gasteiger partial charge in [-0.1, -0.05) is 17.7 Å². The Morgan fingerprint density at radius 3 is 2.64 bits per heavy atom. The lowest BCUT2D eigenvalue weighted by atomic mass is 10.1. The van der Waals surface area contributed by atoms with E-state index in [9.17, 15) is 10.1 Å². The van der Waals surface area contributed by atoms with Crippen LogP contribution in [0.3, 0.4) is 0 Å². The Kier molecular flexibility index (Phi) is 5.05. The first-order chi connectivity index (χ1) is 12.1. The fourth-order valence-electron chi connectivity index (χ4n) is 2.88. The van der Waals surface area contributed by atoms with E-state index in [-0.39, 0.29) is 16.8 Å². The molecule has 7 heteroatoms. The van der Waals surface area contributed by atoms with Crippen LogP contribution < -0.4 is 9.64 Å². The van der Waals surface area contributed by atoms with E-state index in [1.807, 2.05) is 18.2 Å². The molecule has 0 atom stereocenters. The summed E-state index contributed by atoms with van der Waals surface area (Å²) in [4.78, 5) is 12.5. The highest BCUT2D eigenvalue weighted by Crippen LogP contribution is 2.31. The van der Waals surface area contributed by atoms with Crippen LogP contribution in [0.15, 0.2) is 42.5 Å². The zero-order chi connectivity index (χ0) is 17.8. The van der Waals surface area contributed by atoms with Crippen LogP contribution in [0, 0.1) is 21.4 Å². The summed E-state index contributed by atoms with van der Waals surface area (Å²) in [5, 5.41) is 20.0. The van der Waals surface area contributed by atoms with Crippen molar-refractivity contribution in [1.29, 1.82) is 5.26 Å². The SMILES string of the molecule is N#Cc1cccc(N2CCC(Oc3ccc([N+](=O)[O-])cc3Cl)CC2)c1. The largest absolute Gasteiger partial charge is 0.489 e. The average Bonchev–Trinajstić information content (AvgIpc) is 2.64. The van der Waals surface area contributed by atoms with E-state index in [1.54, 1.807) is 12.1 Å². The molecule has 1 fully saturated rings. The third-order valence-electron chi connectivity index (χ3n) is 4.20. The molecule has 1 saturated heterocycles. The Morgan fingerprint density at radius 2 is 2.00 bits per heavy atom. The number of nitro benzene ring substituents is 1. The van der Waals surface area contributed by atoms with E-state index in [0.717, 1.165) is 31.6 Å². The minimum Gasteiger partial charge on any atom is -0.489 e. The maximum absolute atomic E-state index is 10.8. The number of nitro groups is 1. The van der Waals surface area contributed by atoms with E-state index in [1.165, 1.54) is 12.1 Å². The summed E-state index contributed by atoms with van der Waals surface area (Å²) < 4.78 is 5.92. The third kappa shape index (κ3) is 4.01. The van der Waals surface area contributed by atoms with Gasteiger partial charge in [0.25, 0.3) is 5.69 Å². The molecular weight excluding hydrogens is 342 g/mol. The summed E-state index contributed by atoms with van der Waals surface area (Å²) in [6.07, 6.45) is 1.63. The molecule has 0 N–H and O–H groups in total. The van der Waals surface area contributed by atoms with Crippen LogP contribution in [0.25, 0.3) is 0 Å². The summed E-state index contributed by atoms with van der Waals surface area (Å²) in [7, 11) is 0. The Balaban J connectivity index is 1.61. The van der Waals surface area contributed by atoms with Gasteiger partial charge in [-0.2, -0.15) is 5.26 Å². The first kappa shape index (κ1) is 17.1. The van der Waals surface area contributed by atoms with Gasteiger partial charge in [0.05, 0.1) is 21.6 Å². The normalized spacial score (nSPS) is 14.8. The van der Waals surface area contributed by atoms with E-state index in [4.69, 9.17) is 21.6 Å². The molecule has 3 rings (SSSR count). The molecule has 0 spiro atoms. The topological polar surface area (TPSA) is 79.4 Å². The molecule has 0 saturated carbocycles. The Hall–Kier alpha value is -2.78. The summed E-state index contributed by atoms with van der Waals surface area (Å²) >= 11 is 6.08. The number of nitrogens with zero attached hydrogens (tertiary/aromatic N) is 3. The number of piperidine rings is 1. The molecule has 6 nitrogen and oxygen atoms in total. The molecule has 0 unspecified atom stereocenters. The maximum Gasteiger partial charge on any atom is 0.271 e. The number of rotatable bonds is 4. The molecule has 0 aromatic heterocycles. The Bertz CT molecular complexity index is 827. The van der Waals surface area contributed by atoms with Crippen LogP contribution in [0.2, 0.25) is 5.02 Å². The smallest absolute Gasteiger partial charge is 0.271 e. The van der Waals surface area contributed by atoms with Crippen molar-refractivity contribution in [2.75, 3.05) is 18.0 Å². The molecule has 0 radical (unpaired) electrons. The quantitative estimate of drug-likeness (QED) is 0.606. The average molecular weight is 358 g/mol. The van der Waals surface area contributed by atoms with Crippen molar-refractivity contribution in [1.82, 2.24) is 0 Å². The summed E-state index contributed by atoms with van der Waals surface area (Å²) in [5.74, 6) is 0.470. The number of non-ortho nitro benzene ring substituents is 1. The zero-order valence-corrected chi connectivity index (χ0v) is 14.1. The van der Waals surface area contributed by atoms with E-state index < -0.39 is 4.92 Å². The molecule has 2 aromatic carbocycles. The minimum atomic E-state index is -0.483. The van der Waals surface area contributed by atoms with Gasteiger partial charge in [0.15, 0.2) is 0 Å². The number of anilines is 1. The molecule has 1 heterocycles. The van der Waals surface area contributed by atoms with Crippen LogP contribution in [0.1, 0.15) is 18.4 Å². The Morgan fingerprint density at radius 1 is 1.24 bits per heavy atom. The predicted octanol–water partition coefficient (Wildman–Crippen LogP) is 4.17. The van der Waals surface area contributed by atoms with Crippen LogP contribution >= 0.6 is 11.6 Å². The highest BCUT2D eigenvalue weighted by atomic mass is 35.5.